The maximum atomic E-state index is 13.8. The second kappa shape index (κ2) is 13.6. The molecule has 17 heteroatoms. The van der Waals surface area contributed by atoms with Gasteiger partial charge in [-0.15, -0.1) is 0 Å². The van der Waals surface area contributed by atoms with Gasteiger partial charge in [0, 0.05) is 18.1 Å². The molecule has 3 aromatic carbocycles. The van der Waals surface area contributed by atoms with Crippen LogP contribution >= 0.6 is 11.6 Å². The van der Waals surface area contributed by atoms with Crippen molar-refractivity contribution >= 4 is 23.6 Å². The van der Waals surface area contributed by atoms with Crippen molar-refractivity contribution in [3.63, 3.8) is 0 Å². The van der Waals surface area contributed by atoms with Gasteiger partial charge in [0.15, 0.2) is 0 Å². The highest BCUT2D eigenvalue weighted by Gasteiger charge is 2.44. The molecule has 1 saturated heterocycles. The number of alkyl halides is 9. The minimum Gasteiger partial charge on any atom is -0.496 e. The predicted molar refractivity (Wildman–Crippen MR) is 153 cm³/mol. The zero-order valence-corrected chi connectivity index (χ0v) is 25.7. The summed E-state index contributed by atoms with van der Waals surface area (Å²) in [6.45, 7) is 0.664. The van der Waals surface area contributed by atoms with Crippen LogP contribution in [0.5, 0.6) is 11.5 Å². The Kier molecular flexibility index (Phi) is 10.4. The summed E-state index contributed by atoms with van der Waals surface area (Å²) in [5.41, 5.74) is 0.290. The summed E-state index contributed by atoms with van der Waals surface area (Å²) >= 11 is 6.31. The zero-order chi connectivity index (χ0) is 35.8. The van der Waals surface area contributed by atoms with Gasteiger partial charge in [0.25, 0.3) is 0 Å². The molecular weight excluding hydrogens is 687 g/mol. The average Bonchev–Trinajstić information content (AvgIpc) is 3.26. The van der Waals surface area contributed by atoms with Crippen molar-refractivity contribution in [1.29, 1.82) is 0 Å². The zero-order valence-electron chi connectivity index (χ0n) is 24.9. The molecule has 2 atom stereocenters. The first-order valence-corrected chi connectivity index (χ1v) is 14.3. The minimum absolute atomic E-state index is 0.00158. The van der Waals surface area contributed by atoms with Crippen LogP contribution in [0.3, 0.4) is 0 Å². The first kappa shape index (κ1) is 36.5. The fourth-order valence-corrected chi connectivity index (χ4v) is 5.31. The Balaban J connectivity index is 1.76. The molecule has 2 amide bonds. The molecule has 0 spiro atoms. The second-order valence-electron chi connectivity index (χ2n) is 10.8. The van der Waals surface area contributed by atoms with E-state index < -0.39 is 71.5 Å². The Bertz CT molecular complexity index is 1660. The predicted octanol–water partition coefficient (Wildman–Crippen LogP) is 8.80. The van der Waals surface area contributed by atoms with Gasteiger partial charge in [0.2, 0.25) is 5.91 Å². The van der Waals surface area contributed by atoms with Crippen LogP contribution in [-0.2, 0) is 34.6 Å². The molecule has 1 fully saturated rings. The fourth-order valence-electron chi connectivity index (χ4n) is 5.10. The van der Waals surface area contributed by atoms with Gasteiger partial charge in [-0.2, -0.15) is 39.5 Å². The lowest BCUT2D eigenvalue weighted by molar-refractivity contribution is -0.143. The third kappa shape index (κ3) is 8.20. The maximum absolute atomic E-state index is 13.8. The topological polar surface area (TPSA) is 91.1 Å². The van der Waals surface area contributed by atoms with Crippen molar-refractivity contribution in [3.8, 4) is 22.6 Å². The normalized spacial score (nSPS) is 17.0. The lowest BCUT2D eigenvalue weighted by atomic mass is 9.94. The van der Waals surface area contributed by atoms with Crippen LogP contribution in [0, 0.1) is 0 Å². The van der Waals surface area contributed by atoms with Crippen molar-refractivity contribution in [2.75, 3.05) is 13.7 Å². The molecule has 1 aliphatic rings. The number of hydrogen-bond acceptors (Lipinski definition) is 5. The number of amides is 2. The Morgan fingerprint density at radius 2 is 1.48 bits per heavy atom. The summed E-state index contributed by atoms with van der Waals surface area (Å²) in [5, 5.41) is 0.0574. The van der Waals surface area contributed by atoms with Gasteiger partial charge in [0.05, 0.1) is 48.0 Å². The smallest absolute Gasteiger partial charge is 0.416 e. The number of carbonyl (C=O) groups is 2. The number of hydrogen-bond donors (Lipinski definition) is 1. The van der Waals surface area contributed by atoms with E-state index in [1.807, 2.05) is 0 Å². The van der Waals surface area contributed by atoms with E-state index >= 15 is 0 Å². The second-order valence-corrected chi connectivity index (χ2v) is 11.2. The molecule has 0 bridgehead atoms. The van der Waals surface area contributed by atoms with Gasteiger partial charge in [0.1, 0.15) is 17.6 Å². The summed E-state index contributed by atoms with van der Waals surface area (Å²) in [5.74, 6) is -0.411. The number of methoxy groups -OCH3 is 1. The molecule has 0 aliphatic carbocycles. The average molecular weight is 713 g/mol. The lowest BCUT2D eigenvalue weighted by Crippen LogP contribution is -2.32. The van der Waals surface area contributed by atoms with Crippen LogP contribution < -0.4 is 15.2 Å². The molecule has 260 valence electrons. The Hall–Kier alpha value is -4.34. The third-order valence-electron chi connectivity index (χ3n) is 7.47. The summed E-state index contributed by atoms with van der Waals surface area (Å²) < 4.78 is 139. The minimum atomic E-state index is -5.17. The van der Waals surface area contributed by atoms with Gasteiger partial charge in [-0.05, 0) is 66.4 Å². The molecule has 0 saturated carbocycles. The summed E-state index contributed by atoms with van der Waals surface area (Å²) in [7, 11) is 1.26. The van der Waals surface area contributed by atoms with Gasteiger partial charge in [-0.1, -0.05) is 17.7 Å². The van der Waals surface area contributed by atoms with E-state index in [-0.39, 0.29) is 58.7 Å². The molecule has 4 rings (SSSR count). The van der Waals surface area contributed by atoms with Crippen LogP contribution in [0.25, 0.3) is 11.1 Å². The van der Waals surface area contributed by atoms with E-state index in [1.54, 1.807) is 0 Å². The third-order valence-corrected chi connectivity index (χ3v) is 7.77. The number of nitrogens with two attached hydrogens (primary N) is 1. The Morgan fingerprint density at radius 3 is 2.02 bits per heavy atom. The quantitative estimate of drug-likeness (QED) is 0.168. The van der Waals surface area contributed by atoms with Crippen LogP contribution in [0.4, 0.5) is 44.3 Å². The molecule has 1 aliphatic heterocycles. The number of rotatable bonds is 10. The number of primary amides is 1. The van der Waals surface area contributed by atoms with Gasteiger partial charge in [-0.25, -0.2) is 4.79 Å². The highest BCUT2D eigenvalue weighted by Crippen LogP contribution is 2.44. The SMILES string of the molecule is COc1cc(Cl)c(OCCCC(N)=O)cc1-c1ccc(C(F)(F)F)cc1CN1C(=O)O[C@H](c2cc(C(F)(F)F)cc(C(F)(F)F)c2)[C@@H]1C. The van der Waals surface area contributed by atoms with Crippen molar-refractivity contribution in [2.45, 2.75) is 57.0 Å². The molecule has 7 nitrogen and oxygen atoms in total. The molecular formula is C31H26ClF9N2O5. The summed E-state index contributed by atoms with van der Waals surface area (Å²) in [6.07, 6.45) is -17.8. The number of benzene rings is 3. The molecule has 48 heavy (non-hydrogen) atoms. The Morgan fingerprint density at radius 1 is 0.875 bits per heavy atom. The van der Waals surface area contributed by atoms with Crippen LogP contribution in [0.2, 0.25) is 5.02 Å². The van der Waals surface area contributed by atoms with Crippen molar-refractivity contribution in [3.05, 3.63) is 81.4 Å². The molecule has 3 aromatic rings. The number of nitrogens with zero attached hydrogens (tertiary/aromatic N) is 1. The lowest BCUT2D eigenvalue weighted by Gasteiger charge is -2.24. The number of halogens is 10. The van der Waals surface area contributed by atoms with E-state index in [4.69, 9.17) is 31.5 Å². The van der Waals surface area contributed by atoms with Gasteiger partial charge < -0.3 is 19.9 Å². The monoisotopic (exact) mass is 712 g/mol. The van der Waals surface area contributed by atoms with Crippen LogP contribution in [0.15, 0.2) is 48.5 Å². The number of carbonyl (C=O) groups excluding carboxylic acids is 2. The standard InChI is InChI=1S/C31H26ClF9N2O5/c1-15-27(16-8-19(30(36,37)38)11-20(9-16)31(39,40)41)48-28(45)43(15)14-17-10-18(29(33,34)35)5-6-21(17)22-12-25(23(32)13-24(22)46-2)47-7-3-4-26(42)44/h5-6,8-13,15,27H,3-4,7,14H2,1-2H3,(H2,42,44)/t15-,27-/m0/s1. The van der Waals surface area contributed by atoms with E-state index in [1.165, 1.54) is 26.2 Å². The summed E-state index contributed by atoms with van der Waals surface area (Å²) in [4.78, 5) is 25.0. The first-order chi connectivity index (χ1) is 22.2. The van der Waals surface area contributed by atoms with Gasteiger partial charge in [-0.3, -0.25) is 9.69 Å². The van der Waals surface area contributed by atoms with Crippen molar-refractivity contribution in [1.82, 2.24) is 4.90 Å². The molecule has 0 aromatic heterocycles. The number of ether oxygens (including phenoxy) is 3. The van der Waals surface area contributed by atoms with Gasteiger partial charge >= 0.3 is 24.6 Å². The fraction of sp³-hybridized carbons (Fsp3) is 0.355. The van der Waals surface area contributed by atoms with Crippen LogP contribution in [-0.4, -0.2) is 36.7 Å². The van der Waals surface area contributed by atoms with Crippen molar-refractivity contribution in [2.24, 2.45) is 5.73 Å². The largest absolute Gasteiger partial charge is 0.496 e. The van der Waals surface area contributed by atoms with E-state index in [9.17, 15) is 49.1 Å². The molecule has 1 heterocycles. The molecule has 2 N–H and O–H groups in total. The van der Waals surface area contributed by atoms with Crippen molar-refractivity contribution < 1.29 is 63.3 Å². The maximum Gasteiger partial charge on any atom is 0.416 e. The molecule has 0 unspecified atom stereocenters. The van der Waals surface area contributed by atoms with E-state index in [2.05, 4.69) is 0 Å². The Labute approximate surface area is 272 Å². The van der Waals surface area contributed by atoms with Crippen LogP contribution in [0.1, 0.15) is 53.7 Å². The highest BCUT2D eigenvalue weighted by molar-refractivity contribution is 6.32. The molecule has 0 radical (unpaired) electrons. The summed E-state index contributed by atoms with van der Waals surface area (Å²) in [6, 6.07) is 4.86. The highest BCUT2D eigenvalue weighted by atomic mass is 35.5. The van der Waals surface area contributed by atoms with E-state index in [0.717, 1.165) is 23.1 Å². The number of cyclic esters (lactones) is 1. The first-order valence-electron chi connectivity index (χ1n) is 14.0. The van der Waals surface area contributed by atoms with E-state index in [0.29, 0.717) is 12.1 Å².